The third-order valence-corrected chi connectivity index (χ3v) is 4.55. The van der Waals surface area contributed by atoms with Crippen LogP contribution in [0, 0.1) is 0 Å². The number of carbonyl (C=O) groups excluding carboxylic acids is 2. The first-order valence-corrected chi connectivity index (χ1v) is 9.20. The summed E-state index contributed by atoms with van der Waals surface area (Å²) < 4.78 is 17.2. The van der Waals surface area contributed by atoms with Crippen LogP contribution in [0.4, 0.5) is 0 Å². The number of carbonyl (C=O) groups is 2. The SMILES string of the molecule is CCCOc1c2c(c3cc4ccccc4cc3c1OCCC)C(=O)C(=O)O2. The summed E-state index contributed by atoms with van der Waals surface area (Å²) in [6.45, 7) is 4.92. The van der Waals surface area contributed by atoms with Crippen LogP contribution in [-0.2, 0) is 4.79 Å². The number of ketones is 1. The first kappa shape index (κ1) is 17.3. The quantitative estimate of drug-likeness (QED) is 0.275. The van der Waals surface area contributed by atoms with Crippen LogP contribution < -0.4 is 14.2 Å². The van der Waals surface area contributed by atoms with E-state index in [9.17, 15) is 9.59 Å². The Morgan fingerprint density at radius 2 is 1.44 bits per heavy atom. The Balaban J connectivity index is 2.10. The normalized spacial score (nSPS) is 13.1. The van der Waals surface area contributed by atoms with Crippen LogP contribution >= 0.6 is 0 Å². The van der Waals surface area contributed by atoms with Crippen LogP contribution in [0.15, 0.2) is 36.4 Å². The van der Waals surface area contributed by atoms with Gasteiger partial charge in [-0.1, -0.05) is 38.1 Å². The van der Waals surface area contributed by atoms with Crippen LogP contribution in [-0.4, -0.2) is 25.0 Å². The maximum Gasteiger partial charge on any atom is 0.385 e. The molecule has 0 bridgehead atoms. The number of esters is 1. The average Bonchev–Trinajstić information content (AvgIpc) is 2.98. The van der Waals surface area contributed by atoms with Crippen LogP contribution in [0.2, 0.25) is 0 Å². The summed E-state index contributed by atoms with van der Waals surface area (Å²) in [7, 11) is 0. The van der Waals surface area contributed by atoms with Gasteiger partial charge in [0.2, 0.25) is 5.75 Å². The molecule has 1 aliphatic rings. The van der Waals surface area contributed by atoms with Gasteiger partial charge in [0, 0.05) is 10.8 Å². The second kappa shape index (κ2) is 6.91. The minimum absolute atomic E-state index is 0.173. The number of fused-ring (bicyclic) bond motifs is 4. The summed E-state index contributed by atoms with van der Waals surface area (Å²) >= 11 is 0. The van der Waals surface area contributed by atoms with Crippen LogP contribution in [0.3, 0.4) is 0 Å². The first-order chi connectivity index (χ1) is 13.2. The molecule has 0 aromatic heterocycles. The van der Waals surface area contributed by atoms with Crippen molar-refractivity contribution in [3.05, 3.63) is 42.0 Å². The van der Waals surface area contributed by atoms with Crippen molar-refractivity contribution in [2.24, 2.45) is 0 Å². The van der Waals surface area contributed by atoms with Crippen LogP contribution in [0.25, 0.3) is 21.5 Å². The molecular formula is C22H20O5. The predicted octanol–water partition coefficient (Wildman–Crippen LogP) is 4.67. The molecule has 0 spiro atoms. The van der Waals surface area contributed by atoms with Crippen molar-refractivity contribution in [2.75, 3.05) is 13.2 Å². The lowest BCUT2D eigenvalue weighted by molar-refractivity contribution is -0.128. The van der Waals surface area contributed by atoms with Gasteiger partial charge in [0.25, 0.3) is 5.78 Å². The lowest BCUT2D eigenvalue weighted by Gasteiger charge is -2.18. The molecule has 5 heteroatoms. The number of hydrogen-bond donors (Lipinski definition) is 0. The Hall–Kier alpha value is -3.08. The van der Waals surface area contributed by atoms with E-state index in [1.54, 1.807) is 0 Å². The van der Waals surface area contributed by atoms with E-state index >= 15 is 0 Å². The second-order valence-corrected chi connectivity index (χ2v) is 6.52. The zero-order valence-corrected chi connectivity index (χ0v) is 15.3. The molecule has 27 heavy (non-hydrogen) atoms. The minimum atomic E-state index is -0.881. The van der Waals surface area contributed by atoms with Gasteiger partial charge in [-0.2, -0.15) is 0 Å². The fourth-order valence-electron chi connectivity index (χ4n) is 3.34. The van der Waals surface area contributed by atoms with Crippen LogP contribution in [0.1, 0.15) is 37.0 Å². The maximum absolute atomic E-state index is 12.5. The molecule has 0 fully saturated rings. The highest BCUT2D eigenvalue weighted by Crippen LogP contribution is 2.50. The van der Waals surface area contributed by atoms with E-state index in [2.05, 4.69) is 0 Å². The third-order valence-electron chi connectivity index (χ3n) is 4.55. The predicted molar refractivity (Wildman–Crippen MR) is 103 cm³/mol. The first-order valence-electron chi connectivity index (χ1n) is 9.20. The molecule has 0 radical (unpaired) electrons. The van der Waals surface area contributed by atoms with E-state index in [-0.39, 0.29) is 11.3 Å². The second-order valence-electron chi connectivity index (χ2n) is 6.52. The van der Waals surface area contributed by atoms with Gasteiger partial charge < -0.3 is 14.2 Å². The number of hydrogen-bond acceptors (Lipinski definition) is 5. The third kappa shape index (κ3) is 2.79. The maximum atomic E-state index is 12.5. The Morgan fingerprint density at radius 1 is 0.852 bits per heavy atom. The van der Waals surface area contributed by atoms with Crippen molar-refractivity contribution in [3.8, 4) is 17.2 Å². The van der Waals surface area contributed by atoms with Gasteiger partial charge in [-0.05, 0) is 35.7 Å². The molecular weight excluding hydrogens is 344 g/mol. The molecule has 0 atom stereocenters. The van der Waals surface area contributed by atoms with Crippen molar-refractivity contribution in [2.45, 2.75) is 26.7 Å². The summed E-state index contributed by atoms with van der Waals surface area (Å²) in [5.74, 6) is -0.496. The van der Waals surface area contributed by atoms with E-state index in [1.807, 2.05) is 50.2 Å². The van der Waals surface area contributed by atoms with E-state index in [0.717, 1.165) is 29.0 Å². The Labute approximate surface area is 156 Å². The van der Waals surface area contributed by atoms with Crippen molar-refractivity contribution in [1.82, 2.24) is 0 Å². The molecule has 3 aromatic carbocycles. The zero-order chi connectivity index (χ0) is 19.0. The summed E-state index contributed by atoms with van der Waals surface area (Å²) in [6, 6.07) is 11.8. The summed E-state index contributed by atoms with van der Waals surface area (Å²) in [5.41, 5.74) is 0.260. The monoisotopic (exact) mass is 364 g/mol. The van der Waals surface area contributed by atoms with Crippen molar-refractivity contribution in [3.63, 3.8) is 0 Å². The standard InChI is InChI=1S/C22H20O5/c1-3-9-25-19-16-12-14-8-6-5-7-13(14)11-15(16)17-18(23)22(24)27-20(17)21(19)26-10-4-2/h5-8,11-12H,3-4,9-10H2,1-2H3. The molecule has 1 aliphatic heterocycles. The molecule has 0 saturated heterocycles. The number of ether oxygens (including phenoxy) is 3. The Morgan fingerprint density at radius 3 is 2.07 bits per heavy atom. The smallest absolute Gasteiger partial charge is 0.385 e. The van der Waals surface area contributed by atoms with E-state index in [4.69, 9.17) is 14.2 Å². The highest BCUT2D eigenvalue weighted by Gasteiger charge is 2.38. The summed E-state index contributed by atoms with van der Waals surface area (Å²) in [5, 5.41) is 3.39. The molecule has 0 N–H and O–H groups in total. The van der Waals surface area contributed by atoms with Gasteiger partial charge in [0.05, 0.1) is 18.8 Å². The van der Waals surface area contributed by atoms with Crippen molar-refractivity contribution in [1.29, 1.82) is 0 Å². The molecule has 138 valence electrons. The van der Waals surface area contributed by atoms with Gasteiger partial charge in [-0.3, -0.25) is 4.79 Å². The Bertz CT molecular complexity index is 1070. The van der Waals surface area contributed by atoms with Gasteiger partial charge in [0.15, 0.2) is 11.5 Å². The molecule has 0 amide bonds. The molecule has 0 saturated carbocycles. The molecule has 4 rings (SSSR count). The molecule has 1 heterocycles. The average molecular weight is 364 g/mol. The fourth-order valence-corrected chi connectivity index (χ4v) is 3.34. The molecule has 3 aromatic rings. The lowest BCUT2D eigenvalue weighted by atomic mass is 9.96. The minimum Gasteiger partial charge on any atom is -0.489 e. The summed E-state index contributed by atoms with van der Waals surface area (Å²) in [4.78, 5) is 24.5. The summed E-state index contributed by atoms with van der Waals surface area (Å²) in [6.07, 6.45) is 1.59. The Kier molecular flexibility index (Phi) is 4.44. The van der Waals surface area contributed by atoms with E-state index in [0.29, 0.717) is 30.1 Å². The zero-order valence-electron chi connectivity index (χ0n) is 15.3. The van der Waals surface area contributed by atoms with Crippen molar-refractivity contribution >= 4 is 33.3 Å². The van der Waals surface area contributed by atoms with Gasteiger partial charge in [-0.15, -0.1) is 0 Å². The van der Waals surface area contributed by atoms with Crippen LogP contribution in [0.5, 0.6) is 17.2 Å². The van der Waals surface area contributed by atoms with Gasteiger partial charge in [0.1, 0.15) is 0 Å². The molecule has 5 nitrogen and oxygen atoms in total. The van der Waals surface area contributed by atoms with E-state index in [1.165, 1.54) is 0 Å². The molecule has 0 aliphatic carbocycles. The number of benzene rings is 3. The highest BCUT2D eigenvalue weighted by molar-refractivity contribution is 6.47. The van der Waals surface area contributed by atoms with Gasteiger partial charge >= 0.3 is 5.97 Å². The topological polar surface area (TPSA) is 61.8 Å². The molecule has 0 unspecified atom stereocenters. The highest BCUT2D eigenvalue weighted by atomic mass is 16.6. The van der Waals surface area contributed by atoms with Crippen molar-refractivity contribution < 1.29 is 23.8 Å². The number of Topliss-reactive ketones (excluding diaryl/α,β-unsaturated/α-hetero) is 1. The number of rotatable bonds is 6. The largest absolute Gasteiger partial charge is 0.489 e. The van der Waals surface area contributed by atoms with E-state index < -0.39 is 11.8 Å². The van der Waals surface area contributed by atoms with Gasteiger partial charge in [-0.25, -0.2) is 4.79 Å². The lowest BCUT2D eigenvalue weighted by Crippen LogP contribution is -2.10. The fraction of sp³-hybridized carbons (Fsp3) is 0.273.